The van der Waals surface area contributed by atoms with Crippen molar-refractivity contribution in [2.45, 2.75) is 32.4 Å². The van der Waals surface area contributed by atoms with Gasteiger partial charge in [-0.2, -0.15) is 0 Å². The molecule has 2 aromatic rings. The van der Waals surface area contributed by atoms with E-state index in [0.717, 1.165) is 23.0 Å². The first kappa shape index (κ1) is 11.9. The first-order valence-electron chi connectivity index (χ1n) is 6.02. The minimum absolute atomic E-state index is 0.214. The predicted molar refractivity (Wildman–Crippen MR) is 73.1 cm³/mol. The zero-order valence-corrected chi connectivity index (χ0v) is 10.4. The van der Waals surface area contributed by atoms with Gasteiger partial charge in [-0.15, -0.1) is 0 Å². The van der Waals surface area contributed by atoms with Crippen molar-refractivity contribution in [3.63, 3.8) is 0 Å². The summed E-state index contributed by atoms with van der Waals surface area (Å²) in [6, 6.07) is 10.7. The SMILES string of the molecule is CC(N)CC(C)Nc1ccnc2ccccc12. The summed E-state index contributed by atoms with van der Waals surface area (Å²) in [7, 11) is 0. The van der Waals surface area contributed by atoms with Crippen molar-refractivity contribution in [1.82, 2.24) is 4.98 Å². The van der Waals surface area contributed by atoms with Gasteiger partial charge in [-0.05, 0) is 32.4 Å². The first-order valence-corrected chi connectivity index (χ1v) is 6.02. The fourth-order valence-electron chi connectivity index (χ4n) is 2.10. The number of pyridine rings is 1. The van der Waals surface area contributed by atoms with Gasteiger partial charge in [-0.25, -0.2) is 0 Å². The molecule has 0 saturated heterocycles. The first-order chi connectivity index (χ1) is 8.16. The molecule has 0 fully saturated rings. The Morgan fingerprint density at radius 3 is 2.76 bits per heavy atom. The number of hydrogen-bond donors (Lipinski definition) is 2. The Morgan fingerprint density at radius 2 is 2.00 bits per heavy atom. The van der Waals surface area contributed by atoms with Crippen molar-refractivity contribution >= 4 is 16.6 Å². The lowest BCUT2D eigenvalue weighted by Gasteiger charge is -2.18. The topological polar surface area (TPSA) is 50.9 Å². The van der Waals surface area contributed by atoms with E-state index in [2.05, 4.69) is 23.3 Å². The number of nitrogens with zero attached hydrogens (tertiary/aromatic N) is 1. The van der Waals surface area contributed by atoms with Gasteiger partial charge in [0.1, 0.15) is 0 Å². The number of nitrogens with one attached hydrogen (secondary N) is 1. The van der Waals surface area contributed by atoms with Crippen LogP contribution in [0.2, 0.25) is 0 Å². The van der Waals surface area contributed by atoms with Crippen molar-refractivity contribution in [2.24, 2.45) is 5.73 Å². The summed E-state index contributed by atoms with van der Waals surface area (Å²) < 4.78 is 0. The van der Waals surface area contributed by atoms with E-state index in [0.29, 0.717) is 6.04 Å². The zero-order valence-electron chi connectivity index (χ0n) is 10.4. The number of fused-ring (bicyclic) bond motifs is 1. The van der Waals surface area contributed by atoms with Crippen LogP contribution in [0.5, 0.6) is 0 Å². The van der Waals surface area contributed by atoms with E-state index < -0.39 is 0 Å². The minimum Gasteiger partial charge on any atom is -0.382 e. The monoisotopic (exact) mass is 229 g/mol. The molecule has 0 spiro atoms. The molecule has 3 nitrogen and oxygen atoms in total. The third-order valence-electron chi connectivity index (χ3n) is 2.78. The van der Waals surface area contributed by atoms with Crippen LogP contribution in [-0.4, -0.2) is 17.1 Å². The highest BCUT2D eigenvalue weighted by atomic mass is 14.9. The highest BCUT2D eigenvalue weighted by molar-refractivity contribution is 5.90. The summed E-state index contributed by atoms with van der Waals surface area (Å²) in [6.45, 7) is 4.18. The minimum atomic E-state index is 0.214. The van der Waals surface area contributed by atoms with Gasteiger partial charge in [0, 0.05) is 29.4 Å². The molecule has 1 aromatic heterocycles. The van der Waals surface area contributed by atoms with Gasteiger partial charge in [0.2, 0.25) is 0 Å². The molecular weight excluding hydrogens is 210 g/mol. The van der Waals surface area contributed by atoms with E-state index in [1.54, 1.807) is 0 Å². The number of rotatable bonds is 4. The average molecular weight is 229 g/mol. The van der Waals surface area contributed by atoms with Crippen LogP contribution in [0.15, 0.2) is 36.5 Å². The number of anilines is 1. The molecule has 2 atom stereocenters. The van der Waals surface area contributed by atoms with Gasteiger partial charge in [-0.1, -0.05) is 18.2 Å². The molecular formula is C14H19N3. The average Bonchev–Trinajstić information content (AvgIpc) is 2.28. The maximum atomic E-state index is 5.81. The van der Waals surface area contributed by atoms with Gasteiger partial charge in [0.05, 0.1) is 5.52 Å². The van der Waals surface area contributed by atoms with Crippen molar-refractivity contribution < 1.29 is 0 Å². The number of aromatic nitrogens is 1. The molecule has 0 saturated carbocycles. The van der Waals surface area contributed by atoms with Gasteiger partial charge in [-0.3, -0.25) is 4.98 Å². The van der Waals surface area contributed by atoms with Gasteiger partial charge in [0.15, 0.2) is 0 Å². The second kappa shape index (κ2) is 5.15. The molecule has 0 radical (unpaired) electrons. The molecule has 2 rings (SSSR count). The Hall–Kier alpha value is -1.61. The molecule has 3 N–H and O–H groups in total. The molecule has 3 heteroatoms. The number of para-hydroxylation sites is 1. The molecule has 0 amide bonds. The summed E-state index contributed by atoms with van der Waals surface area (Å²) in [6.07, 6.45) is 2.79. The molecule has 0 aliphatic heterocycles. The summed E-state index contributed by atoms with van der Waals surface area (Å²) in [4.78, 5) is 4.35. The lowest BCUT2D eigenvalue weighted by Crippen LogP contribution is -2.26. The Balaban J connectivity index is 2.24. The van der Waals surface area contributed by atoms with E-state index in [1.165, 1.54) is 0 Å². The molecule has 17 heavy (non-hydrogen) atoms. The Labute approximate surface area is 102 Å². The van der Waals surface area contributed by atoms with E-state index in [1.807, 2.05) is 37.4 Å². The quantitative estimate of drug-likeness (QED) is 0.847. The second-order valence-corrected chi connectivity index (χ2v) is 4.63. The molecule has 0 aliphatic carbocycles. The van der Waals surface area contributed by atoms with Crippen molar-refractivity contribution in [2.75, 3.05) is 5.32 Å². The maximum Gasteiger partial charge on any atom is 0.0722 e. The van der Waals surface area contributed by atoms with Gasteiger partial charge >= 0.3 is 0 Å². The molecule has 1 heterocycles. The summed E-state index contributed by atoms with van der Waals surface area (Å²) in [5, 5.41) is 4.66. The lowest BCUT2D eigenvalue weighted by molar-refractivity contribution is 0.605. The third-order valence-corrected chi connectivity index (χ3v) is 2.78. The molecule has 90 valence electrons. The zero-order chi connectivity index (χ0) is 12.3. The summed E-state index contributed by atoms with van der Waals surface area (Å²) >= 11 is 0. The van der Waals surface area contributed by atoms with Crippen LogP contribution in [-0.2, 0) is 0 Å². The largest absolute Gasteiger partial charge is 0.382 e. The number of benzene rings is 1. The van der Waals surface area contributed by atoms with E-state index in [4.69, 9.17) is 5.73 Å². The molecule has 0 bridgehead atoms. The summed E-state index contributed by atoms with van der Waals surface area (Å²) in [5.41, 5.74) is 7.95. The van der Waals surface area contributed by atoms with Crippen LogP contribution in [0.25, 0.3) is 10.9 Å². The van der Waals surface area contributed by atoms with E-state index >= 15 is 0 Å². The maximum absolute atomic E-state index is 5.81. The second-order valence-electron chi connectivity index (χ2n) is 4.63. The standard InChI is InChI=1S/C14H19N3/c1-10(15)9-11(2)17-14-7-8-16-13-6-4-3-5-12(13)14/h3-8,10-11H,9,15H2,1-2H3,(H,16,17). The van der Waals surface area contributed by atoms with Gasteiger partial charge in [0.25, 0.3) is 0 Å². The highest BCUT2D eigenvalue weighted by Crippen LogP contribution is 2.22. The van der Waals surface area contributed by atoms with E-state index in [9.17, 15) is 0 Å². The Kier molecular flexibility index (Phi) is 3.59. The van der Waals surface area contributed by atoms with Crippen LogP contribution in [0.4, 0.5) is 5.69 Å². The van der Waals surface area contributed by atoms with Crippen LogP contribution >= 0.6 is 0 Å². The normalized spacial score (nSPS) is 14.5. The fraction of sp³-hybridized carbons (Fsp3) is 0.357. The van der Waals surface area contributed by atoms with Gasteiger partial charge < -0.3 is 11.1 Å². The number of hydrogen-bond acceptors (Lipinski definition) is 3. The molecule has 2 unspecified atom stereocenters. The predicted octanol–water partition coefficient (Wildman–Crippen LogP) is 2.77. The molecule has 0 aliphatic rings. The van der Waals surface area contributed by atoms with Crippen LogP contribution in [0, 0.1) is 0 Å². The summed E-state index contributed by atoms with van der Waals surface area (Å²) in [5.74, 6) is 0. The fourth-order valence-corrected chi connectivity index (χ4v) is 2.10. The third kappa shape index (κ3) is 2.94. The van der Waals surface area contributed by atoms with E-state index in [-0.39, 0.29) is 6.04 Å². The van der Waals surface area contributed by atoms with Crippen molar-refractivity contribution in [1.29, 1.82) is 0 Å². The van der Waals surface area contributed by atoms with Crippen molar-refractivity contribution in [3.8, 4) is 0 Å². The molecule has 1 aromatic carbocycles. The lowest BCUT2D eigenvalue weighted by atomic mass is 10.1. The number of nitrogens with two attached hydrogens (primary N) is 1. The highest BCUT2D eigenvalue weighted by Gasteiger charge is 2.07. The Bertz CT molecular complexity index is 488. The van der Waals surface area contributed by atoms with Crippen molar-refractivity contribution in [3.05, 3.63) is 36.5 Å². The smallest absolute Gasteiger partial charge is 0.0722 e. The Morgan fingerprint density at radius 1 is 1.24 bits per heavy atom. The van der Waals surface area contributed by atoms with Crippen LogP contribution < -0.4 is 11.1 Å². The van der Waals surface area contributed by atoms with Crippen LogP contribution in [0.3, 0.4) is 0 Å². The van der Waals surface area contributed by atoms with Crippen LogP contribution in [0.1, 0.15) is 20.3 Å².